The number of carbonyl (C=O) groups excluding carboxylic acids is 1. The molecule has 3 unspecified atom stereocenters. The summed E-state index contributed by atoms with van der Waals surface area (Å²) in [5, 5.41) is 10.1. The van der Waals surface area contributed by atoms with Crippen LogP contribution in [0.1, 0.15) is 56.7 Å². The quantitative estimate of drug-likeness (QED) is 0.802. The molecule has 140 valence electrons. The molecule has 1 fully saturated rings. The van der Waals surface area contributed by atoms with Crippen molar-refractivity contribution in [2.75, 3.05) is 0 Å². The topological polar surface area (TPSA) is 46.5 Å². The Morgan fingerprint density at radius 1 is 1.20 bits per heavy atom. The third-order valence-electron chi connectivity index (χ3n) is 5.23. The van der Waals surface area contributed by atoms with Gasteiger partial charge in [0.1, 0.15) is 5.60 Å². The van der Waals surface area contributed by atoms with Crippen molar-refractivity contribution in [3.63, 3.8) is 0 Å². The van der Waals surface area contributed by atoms with E-state index in [4.69, 9.17) is 4.74 Å². The predicted octanol–water partition coefficient (Wildman–Crippen LogP) is 4.57. The number of rotatable bonds is 4. The Bertz CT molecular complexity index is 661. The van der Waals surface area contributed by atoms with Crippen LogP contribution in [-0.2, 0) is 15.1 Å². The highest BCUT2D eigenvalue weighted by molar-refractivity contribution is 5.79. The first-order valence-electron chi connectivity index (χ1n) is 8.36. The third kappa shape index (κ3) is 3.54. The van der Waals surface area contributed by atoms with Gasteiger partial charge in [-0.2, -0.15) is 13.2 Å². The number of hydrogen-bond donors (Lipinski definition) is 1. The summed E-state index contributed by atoms with van der Waals surface area (Å²) in [6, 6.07) is 5.36. The summed E-state index contributed by atoms with van der Waals surface area (Å²) in [6.07, 6.45) is -5.00. The van der Waals surface area contributed by atoms with Gasteiger partial charge in [-0.1, -0.05) is 36.2 Å². The molecule has 1 heterocycles. The number of carbonyl (C=O) groups is 1. The van der Waals surface area contributed by atoms with Gasteiger partial charge in [-0.3, -0.25) is 4.79 Å². The van der Waals surface area contributed by atoms with Crippen molar-refractivity contribution in [2.45, 2.75) is 71.3 Å². The van der Waals surface area contributed by atoms with Gasteiger partial charge in [-0.15, -0.1) is 0 Å². The van der Waals surface area contributed by atoms with Gasteiger partial charge in [0.15, 0.2) is 5.60 Å². The molecule has 25 heavy (non-hydrogen) atoms. The fourth-order valence-corrected chi connectivity index (χ4v) is 3.56. The molecule has 2 rings (SSSR count). The Hall–Kier alpha value is -1.56. The van der Waals surface area contributed by atoms with Crippen LogP contribution in [0.2, 0.25) is 0 Å². The lowest BCUT2D eigenvalue weighted by Crippen LogP contribution is -2.48. The van der Waals surface area contributed by atoms with Crippen LogP contribution in [0.4, 0.5) is 13.2 Å². The number of halogens is 3. The highest BCUT2D eigenvalue weighted by Crippen LogP contribution is 2.53. The Labute approximate surface area is 146 Å². The molecule has 0 amide bonds. The van der Waals surface area contributed by atoms with Crippen molar-refractivity contribution in [1.29, 1.82) is 0 Å². The summed E-state index contributed by atoms with van der Waals surface area (Å²) in [7, 11) is 0. The first-order valence-corrected chi connectivity index (χ1v) is 8.36. The molecular weight excluding hydrogens is 333 g/mol. The van der Waals surface area contributed by atoms with Gasteiger partial charge in [0, 0.05) is 12.8 Å². The van der Waals surface area contributed by atoms with E-state index in [1.165, 1.54) is 0 Å². The van der Waals surface area contributed by atoms with Crippen LogP contribution >= 0.6 is 0 Å². The average Bonchev–Trinajstić information content (AvgIpc) is 2.69. The summed E-state index contributed by atoms with van der Waals surface area (Å²) in [5.41, 5.74) is -3.12. The number of aryl methyl sites for hydroxylation is 2. The van der Waals surface area contributed by atoms with E-state index in [1.54, 1.807) is 26.0 Å². The zero-order valence-electron chi connectivity index (χ0n) is 15.3. The SMILES string of the molecule is CCC1(C)CC(CC(C)(O)C(F)(F)F)(c2cc(C)cc(C)c2)OC1=O. The Balaban J connectivity index is 2.60. The monoisotopic (exact) mass is 358 g/mol. The lowest BCUT2D eigenvalue weighted by Gasteiger charge is -2.37. The lowest BCUT2D eigenvalue weighted by atomic mass is 9.72. The van der Waals surface area contributed by atoms with E-state index in [9.17, 15) is 23.1 Å². The molecular formula is C19H25F3O3. The number of benzene rings is 1. The van der Waals surface area contributed by atoms with E-state index in [0.29, 0.717) is 12.0 Å². The van der Waals surface area contributed by atoms with Gasteiger partial charge in [-0.25, -0.2) is 0 Å². The molecule has 1 saturated heterocycles. The minimum atomic E-state index is -4.82. The molecule has 1 aromatic rings. The molecule has 1 N–H and O–H groups in total. The molecule has 0 radical (unpaired) electrons. The normalized spacial score (nSPS) is 29.4. The molecule has 1 aliphatic rings. The standard InChI is InChI=1S/C19H25F3O3/c1-6-16(4)10-18(25-15(16)23,11-17(5,24)19(20,21)22)14-8-12(2)7-13(3)9-14/h7-9,24H,6,10-11H2,1-5H3. The number of aliphatic hydroxyl groups is 1. The molecule has 0 bridgehead atoms. The molecule has 0 saturated carbocycles. The van der Waals surface area contributed by atoms with Crippen molar-refractivity contribution in [3.8, 4) is 0 Å². The van der Waals surface area contributed by atoms with E-state index >= 15 is 0 Å². The Morgan fingerprint density at radius 3 is 2.12 bits per heavy atom. The molecule has 1 aliphatic heterocycles. The molecule has 0 aliphatic carbocycles. The van der Waals surface area contributed by atoms with E-state index in [1.807, 2.05) is 19.9 Å². The van der Waals surface area contributed by atoms with E-state index in [0.717, 1.165) is 18.1 Å². The Kier molecular flexibility index (Phi) is 4.75. The van der Waals surface area contributed by atoms with Crippen molar-refractivity contribution in [3.05, 3.63) is 34.9 Å². The summed E-state index contributed by atoms with van der Waals surface area (Å²) >= 11 is 0. The minimum Gasteiger partial charge on any atom is -0.454 e. The largest absolute Gasteiger partial charge is 0.454 e. The minimum absolute atomic E-state index is 0.102. The molecule has 0 aromatic heterocycles. The zero-order valence-corrected chi connectivity index (χ0v) is 15.3. The van der Waals surface area contributed by atoms with Crippen LogP contribution in [0.3, 0.4) is 0 Å². The second-order valence-electron chi connectivity index (χ2n) is 7.80. The molecule has 1 aromatic carbocycles. The van der Waals surface area contributed by atoms with Crippen LogP contribution in [-0.4, -0.2) is 22.9 Å². The second kappa shape index (κ2) is 6.01. The first kappa shape index (κ1) is 19.8. The second-order valence-corrected chi connectivity index (χ2v) is 7.80. The maximum atomic E-state index is 13.3. The number of alkyl halides is 3. The van der Waals surface area contributed by atoms with E-state index < -0.39 is 35.2 Å². The van der Waals surface area contributed by atoms with Gasteiger partial charge in [0.25, 0.3) is 0 Å². The van der Waals surface area contributed by atoms with E-state index in [2.05, 4.69) is 0 Å². The summed E-state index contributed by atoms with van der Waals surface area (Å²) in [5.74, 6) is -0.521. The summed E-state index contributed by atoms with van der Waals surface area (Å²) in [6.45, 7) is 7.90. The fourth-order valence-electron chi connectivity index (χ4n) is 3.56. The average molecular weight is 358 g/mol. The van der Waals surface area contributed by atoms with Crippen molar-refractivity contribution in [1.82, 2.24) is 0 Å². The number of hydrogen-bond acceptors (Lipinski definition) is 3. The van der Waals surface area contributed by atoms with Crippen LogP contribution in [0.25, 0.3) is 0 Å². The highest BCUT2D eigenvalue weighted by atomic mass is 19.4. The molecule has 0 spiro atoms. The van der Waals surface area contributed by atoms with Crippen LogP contribution in [0.5, 0.6) is 0 Å². The smallest absolute Gasteiger partial charge is 0.417 e. The van der Waals surface area contributed by atoms with Gasteiger partial charge in [0.2, 0.25) is 0 Å². The van der Waals surface area contributed by atoms with Crippen molar-refractivity contribution in [2.24, 2.45) is 5.41 Å². The van der Waals surface area contributed by atoms with Gasteiger partial charge in [0.05, 0.1) is 5.41 Å². The third-order valence-corrected chi connectivity index (χ3v) is 5.23. The van der Waals surface area contributed by atoms with Crippen LogP contribution < -0.4 is 0 Å². The fraction of sp³-hybridized carbons (Fsp3) is 0.632. The predicted molar refractivity (Wildman–Crippen MR) is 88.0 cm³/mol. The van der Waals surface area contributed by atoms with Crippen molar-refractivity contribution >= 4 is 5.97 Å². The maximum Gasteiger partial charge on any atom is 0.417 e. The van der Waals surface area contributed by atoms with Gasteiger partial charge < -0.3 is 9.84 Å². The zero-order chi connectivity index (χ0) is 19.3. The van der Waals surface area contributed by atoms with Crippen molar-refractivity contribution < 1.29 is 27.8 Å². The maximum absolute atomic E-state index is 13.3. The van der Waals surface area contributed by atoms with Crippen LogP contribution in [0.15, 0.2) is 18.2 Å². The van der Waals surface area contributed by atoms with Gasteiger partial charge in [-0.05, 0) is 39.7 Å². The lowest BCUT2D eigenvalue weighted by molar-refractivity contribution is -0.268. The molecule has 3 nitrogen and oxygen atoms in total. The van der Waals surface area contributed by atoms with Crippen LogP contribution in [0, 0.1) is 19.3 Å². The number of cyclic esters (lactones) is 1. The van der Waals surface area contributed by atoms with E-state index in [-0.39, 0.29) is 6.42 Å². The molecule has 3 atom stereocenters. The summed E-state index contributed by atoms with van der Waals surface area (Å²) in [4.78, 5) is 12.4. The highest BCUT2D eigenvalue weighted by Gasteiger charge is 2.61. The Morgan fingerprint density at radius 2 is 1.72 bits per heavy atom. The number of ether oxygens (including phenoxy) is 1. The van der Waals surface area contributed by atoms with Gasteiger partial charge >= 0.3 is 12.1 Å². The first-order chi connectivity index (χ1) is 11.2. The summed E-state index contributed by atoms with van der Waals surface area (Å²) < 4.78 is 45.5. The number of esters is 1. The molecule has 6 heteroatoms.